The molecule has 2 N–H and O–H groups in total. The number of aromatic nitrogens is 4. The van der Waals surface area contributed by atoms with Gasteiger partial charge in [-0.25, -0.2) is 4.98 Å². The maximum atomic E-state index is 12.8. The lowest BCUT2D eigenvalue weighted by molar-refractivity contribution is -0.0549. The first-order valence-corrected chi connectivity index (χ1v) is 16.8. The Labute approximate surface area is 212 Å². The molecular weight excluding hydrogens is 513 g/mol. The molecular formula is C21H37ClN5O6PSi. The fourth-order valence-corrected chi connectivity index (χ4v) is 6.51. The molecule has 1 aliphatic rings. The summed E-state index contributed by atoms with van der Waals surface area (Å²) in [6.45, 7) is 15.1. The number of imidazole rings is 1. The van der Waals surface area contributed by atoms with Gasteiger partial charge in [0, 0.05) is 6.42 Å². The standard InChI is InChI=1S/C21H37ClN5O6PSi/c1-8-30-34(28,31-9-2)13-29-11-15-14(33-35(6,7)21(3,4)5)10-16(32-15)27-12-24-17-18(22)25-20(23)26-19(17)27/h12,14-16H,8-11,13H2,1-7H3,(H2,23,25,26)/t14-,15+,16+/m0/s1. The Morgan fingerprint density at radius 2 is 1.91 bits per heavy atom. The predicted octanol–water partition coefficient (Wildman–Crippen LogP) is 4.98. The predicted molar refractivity (Wildman–Crippen MR) is 137 cm³/mol. The molecule has 1 fully saturated rings. The van der Waals surface area contributed by atoms with E-state index < -0.39 is 28.2 Å². The zero-order chi connectivity index (χ0) is 26.0. The van der Waals surface area contributed by atoms with E-state index in [4.69, 9.17) is 40.3 Å². The third-order valence-corrected chi connectivity index (χ3v) is 12.9. The summed E-state index contributed by atoms with van der Waals surface area (Å²) in [7, 11) is -5.47. The molecule has 3 rings (SSSR count). The monoisotopic (exact) mass is 549 g/mol. The minimum atomic E-state index is -3.34. The van der Waals surface area contributed by atoms with Gasteiger partial charge in [-0.05, 0) is 32.0 Å². The molecule has 0 bridgehead atoms. The Morgan fingerprint density at radius 1 is 1.26 bits per heavy atom. The lowest BCUT2D eigenvalue weighted by Crippen LogP contribution is -2.46. The summed E-state index contributed by atoms with van der Waals surface area (Å²) in [5.41, 5.74) is 6.74. The van der Waals surface area contributed by atoms with Gasteiger partial charge in [-0.1, -0.05) is 32.4 Å². The Kier molecular flexibility index (Phi) is 9.03. The van der Waals surface area contributed by atoms with Crippen LogP contribution in [0, 0.1) is 0 Å². The van der Waals surface area contributed by atoms with Crippen LogP contribution in [0.3, 0.4) is 0 Å². The minimum Gasteiger partial charge on any atom is -0.411 e. The highest BCUT2D eigenvalue weighted by molar-refractivity contribution is 7.53. The molecule has 11 nitrogen and oxygen atoms in total. The number of nitrogen functional groups attached to an aromatic ring is 1. The van der Waals surface area contributed by atoms with Crippen LogP contribution in [0.15, 0.2) is 6.33 Å². The van der Waals surface area contributed by atoms with Crippen molar-refractivity contribution in [2.24, 2.45) is 0 Å². The second-order valence-corrected chi connectivity index (χ2v) is 17.0. The van der Waals surface area contributed by atoms with Crippen LogP contribution in [0.25, 0.3) is 11.2 Å². The summed E-state index contributed by atoms with van der Waals surface area (Å²) in [6.07, 6.45) is 0.880. The fraction of sp³-hybridized carbons (Fsp3) is 0.762. The van der Waals surface area contributed by atoms with Crippen molar-refractivity contribution < 1.29 is 27.5 Å². The molecule has 2 aromatic heterocycles. The van der Waals surface area contributed by atoms with Crippen LogP contribution >= 0.6 is 19.2 Å². The number of ether oxygens (including phenoxy) is 2. The van der Waals surface area contributed by atoms with E-state index in [0.717, 1.165) is 0 Å². The fourth-order valence-electron chi connectivity index (χ4n) is 3.59. The lowest BCUT2D eigenvalue weighted by atomic mass is 10.2. The third kappa shape index (κ3) is 6.61. The van der Waals surface area contributed by atoms with Gasteiger partial charge in [0.25, 0.3) is 0 Å². The molecule has 35 heavy (non-hydrogen) atoms. The van der Waals surface area contributed by atoms with Crippen LogP contribution in [-0.2, 0) is 27.5 Å². The number of fused-ring (bicyclic) bond motifs is 1. The normalized spacial score (nSPS) is 21.8. The van der Waals surface area contributed by atoms with E-state index in [1.54, 1.807) is 24.7 Å². The lowest BCUT2D eigenvalue weighted by Gasteiger charge is -2.39. The van der Waals surface area contributed by atoms with Crippen molar-refractivity contribution in [2.75, 3.05) is 31.9 Å². The maximum absolute atomic E-state index is 12.8. The maximum Gasteiger partial charge on any atom is 0.356 e. The molecule has 0 spiro atoms. The highest BCUT2D eigenvalue weighted by Crippen LogP contribution is 2.48. The Balaban J connectivity index is 1.82. The number of nitrogens with two attached hydrogens (primary N) is 1. The van der Waals surface area contributed by atoms with Gasteiger partial charge in [-0.15, -0.1) is 0 Å². The summed E-state index contributed by atoms with van der Waals surface area (Å²) in [5, 5.41) is 0.188. The zero-order valence-electron chi connectivity index (χ0n) is 21.5. The molecule has 0 radical (unpaired) electrons. The van der Waals surface area contributed by atoms with Crippen molar-refractivity contribution in [3.05, 3.63) is 11.5 Å². The third-order valence-electron chi connectivity index (χ3n) is 6.32. The van der Waals surface area contributed by atoms with E-state index >= 15 is 0 Å². The molecule has 0 aromatic carbocycles. The molecule has 1 saturated heterocycles. The molecule has 3 atom stereocenters. The first-order valence-electron chi connectivity index (χ1n) is 11.7. The number of anilines is 1. The first-order chi connectivity index (χ1) is 16.3. The minimum absolute atomic E-state index is 0.00698. The second-order valence-electron chi connectivity index (χ2n) is 9.92. The second kappa shape index (κ2) is 11.1. The van der Waals surface area contributed by atoms with Gasteiger partial charge in [0.15, 0.2) is 19.1 Å². The van der Waals surface area contributed by atoms with E-state index in [9.17, 15) is 4.57 Å². The molecule has 3 heterocycles. The Bertz CT molecular complexity index is 1050. The quantitative estimate of drug-likeness (QED) is 0.232. The van der Waals surface area contributed by atoms with Gasteiger partial charge in [0.1, 0.15) is 24.2 Å². The molecule has 2 aromatic rings. The van der Waals surface area contributed by atoms with Crippen molar-refractivity contribution in [2.45, 2.75) is 77.6 Å². The summed E-state index contributed by atoms with van der Waals surface area (Å²) >= 11 is 6.20. The highest BCUT2D eigenvalue weighted by atomic mass is 35.5. The van der Waals surface area contributed by atoms with Crippen LogP contribution in [-0.4, -0.2) is 66.2 Å². The largest absolute Gasteiger partial charge is 0.411 e. The van der Waals surface area contributed by atoms with Crippen molar-refractivity contribution in [1.29, 1.82) is 0 Å². The molecule has 0 unspecified atom stereocenters. The average molecular weight is 550 g/mol. The topological polar surface area (TPSA) is 133 Å². The zero-order valence-corrected chi connectivity index (χ0v) is 24.1. The summed E-state index contributed by atoms with van der Waals surface area (Å²) in [6, 6.07) is 0. The SMILES string of the molecule is CCOP(=O)(COC[C@H]1O[C@@H](n2cnc3c(Cl)nc(N)nc32)C[C@@H]1O[Si](C)(C)C(C)(C)C)OCC. The molecule has 0 aliphatic carbocycles. The van der Waals surface area contributed by atoms with Crippen LogP contribution in [0.2, 0.25) is 23.3 Å². The summed E-state index contributed by atoms with van der Waals surface area (Å²) < 4.78 is 44.2. The number of rotatable bonds is 11. The van der Waals surface area contributed by atoms with Gasteiger partial charge >= 0.3 is 7.60 Å². The number of hydrogen-bond donors (Lipinski definition) is 1. The van der Waals surface area contributed by atoms with Gasteiger partial charge < -0.3 is 28.7 Å². The van der Waals surface area contributed by atoms with Crippen molar-refractivity contribution >= 4 is 44.6 Å². The molecule has 198 valence electrons. The van der Waals surface area contributed by atoms with Gasteiger partial charge in [0.2, 0.25) is 5.95 Å². The number of nitrogens with zero attached hydrogens (tertiary/aromatic N) is 4. The average Bonchev–Trinajstić information content (AvgIpc) is 3.31. The smallest absolute Gasteiger partial charge is 0.356 e. The van der Waals surface area contributed by atoms with E-state index in [-0.39, 0.29) is 48.4 Å². The van der Waals surface area contributed by atoms with Crippen molar-refractivity contribution in [1.82, 2.24) is 19.5 Å². The Morgan fingerprint density at radius 3 is 2.51 bits per heavy atom. The summed E-state index contributed by atoms with van der Waals surface area (Å²) in [5.74, 6) is 0.0544. The molecule has 0 amide bonds. The van der Waals surface area contributed by atoms with Gasteiger partial charge in [0.05, 0.1) is 32.3 Å². The van der Waals surface area contributed by atoms with E-state index in [1.807, 2.05) is 0 Å². The van der Waals surface area contributed by atoms with E-state index in [1.165, 1.54) is 0 Å². The van der Waals surface area contributed by atoms with Crippen molar-refractivity contribution in [3.63, 3.8) is 0 Å². The van der Waals surface area contributed by atoms with Crippen LogP contribution in [0.5, 0.6) is 0 Å². The number of hydrogen-bond acceptors (Lipinski definition) is 10. The van der Waals surface area contributed by atoms with Gasteiger partial charge in [-0.2, -0.15) is 9.97 Å². The number of halogens is 1. The molecule has 14 heteroatoms. The summed E-state index contributed by atoms with van der Waals surface area (Å²) in [4.78, 5) is 12.6. The van der Waals surface area contributed by atoms with E-state index in [2.05, 4.69) is 48.8 Å². The van der Waals surface area contributed by atoms with Crippen LogP contribution in [0.4, 0.5) is 5.95 Å². The van der Waals surface area contributed by atoms with Gasteiger partial charge in [-0.3, -0.25) is 9.13 Å². The van der Waals surface area contributed by atoms with Crippen LogP contribution in [0.1, 0.15) is 47.3 Å². The van der Waals surface area contributed by atoms with E-state index in [0.29, 0.717) is 17.6 Å². The Hall–Kier alpha value is -1.11. The molecule has 1 aliphatic heterocycles. The molecule has 0 saturated carbocycles. The van der Waals surface area contributed by atoms with Crippen LogP contribution < -0.4 is 5.73 Å². The highest BCUT2D eigenvalue weighted by Gasteiger charge is 2.45. The first kappa shape index (κ1) is 28.5. The van der Waals surface area contributed by atoms with Crippen molar-refractivity contribution in [3.8, 4) is 0 Å².